The summed E-state index contributed by atoms with van der Waals surface area (Å²) in [5, 5.41) is 20.1. The third-order valence-electron chi connectivity index (χ3n) is 5.98. The number of rotatable bonds is 4. The van der Waals surface area contributed by atoms with Gasteiger partial charge in [-0.05, 0) is 35.4 Å². The maximum absolute atomic E-state index is 11.2. The van der Waals surface area contributed by atoms with Gasteiger partial charge in [-0.3, -0.25) is 9.13 Å². The Labute approximate surface area is 273 Å². The minimum atomic E-state index is -2.77. The summed E-state index contributed by atoms with van der Waals surface area (Å²) in [5.74, 6) is 0.219. The molecule has 2 atom stereocenters. The summed E-state index contributed by atoms with van der Waals surface area (Å²) in [5.41, 5.74) is 2.36. The van der Waals surface area contributed by atoms with Gasteiger partial charge in [0.1, 0.15) is 11.5 Å². The molecule has 0 aliphatic heterocycles. The number of para-hydroxylation sites is 2. The number of imidazole rings is 2. The summed E-state index contributed by atoms with van der Waals surface area (Å²) < 4.78 is 26.2. The van der Waals surface area contributed by atoms with Crippen LogP contribution in [-0.2, 0) is 40.0 Å². The van der Waals surface area contributed by atoms with Gasteiger partial charge in [-0.15, -0.1) is 0 Å². The van der Waals surface area contributed by atoms with E-state index in [2.05, 4.69) is 9.97 Å². The van der Waals surface area contributed by atoms with Gasteiger partial charge in [0.05, 0.1) is 12.7 Å². The van der Waals surface area contributed by atoms with Crippen LogP contribution in [0.1, 0.15) is 0 Å². The fraction of sp³-hybridized carbons (Fsp3) is 0.0625. The standard InChI is InChI=1S/2C12H11O3P.2C4H6N2.Co/c2*13-11-7-3-1-5-9(11)10-6-2-4-8-12(10)16(14)15;2*1-6-3-2-5-4-6;/h2*1-8,13,16H,(H,14,15);2*2-4H,1H3;. The van der Waals surface area contributed by atoms with Crippen LogP contribution in [0.25, 0.3) is 22.3 Å². The molecule has 6 aromatic rings. The quantitative estimate of drug-likeness (QED) is 0.186. The molecule has 0 saturated carbocycles. The van der Waals surface area contributed by atoms with Crippen LogP contribution in [0.4, 0.5) is 0 Å². The van der Waals surface area contributed by atoms with Crippen LogP contribution in [0.2, 0.25) is 0 Å². The van der Waals surface area contributed by atoms with Gasteiger partial charge in [0.2, 0.25) is 16.1 Å². The first-order chi connectivity index (χ1) is 21.2. The van der Waals surface area contributed by atoms with Crippen LogP contribution >= 0.6 is 16.1 Å². The zero-order chi connectivity index (χ0) is 31.9. The van der Waals surface area contributed by atoms with Crippen LogP contribution in [0.15, 0.2) is 135 Å². The van der Waals surface area contributed by atoms with E-state index in [4.69, 9.17) is 0 Å². The zero-order valence-electron chi connectivity index (χ0n) is 24.4. The number of hydrogen-bond donors (Lipinski definition) is 4. The van der Waals surface area contributed by atoms with Crippen molar-refractivity contribution in [3.63, 3.8) is 0 Å². The number of benzene rings is 4. The Hall–Kier alpha value is -4.21. The molecule has 0 fully saturated rings. The Balaban J connectivity index is 0.000000227. The average molecular weight is 692 g/mol. The molecule has 1 radical (unpaired) electrons. The molecular formula is C32H34CoN4O6P2. The first-order valence-electron chi connectivity index (χ1n) is 13.2. The second-order valence-electron chi connectivity index (χ2n) is 9.19. The molecule has 0 spiro atoms. The van der Waals surface area contributed by atoms with Crippen molar-refractivity contribution in [3.05, 3.63) is 135 Å². The summed E-state index contributed by atoms with van der Waals surface area (Å²) in [6.07, 6.45) is 10.8. The van der Waals surface area contributed by atoms with Crippen LogP contribution in [0, 0.1) is 0 Å². The maximum atomic E-state index is 11.2. The molecule has 2 heterocycles. The van der Waals surface area contributed by atoms with Gasteiger partial charge < -0.3 is 29.1 Å². The van der Waals surface area contributed by atoms with Gasteiger partial charge in [-0.2, -0.15) is 0 Å². The maximum Gasteiger partial charge on any atom is 0.218 e. The first kappa shape index (κ1) is 37.0. The minimum absolute atomic E-state index is 0. The van der Waals surface area contributed by atoms with Crippen molar-refractivity contribution in [2.24, 2.45) is 14.1 Å². The Kier molecular flexibility index (Phi) is 15.8. The van der Waals surface area contributed by atoms with E-state index in [1.165, 1.54) is 0 Å². The van der Waals surface area contributed by atoms with E-state index < -0.39 is 16.1 Å². The first-order valence-corrected chi connectivity index (χ1v) is 15.9. The number of aromatic nitrogens is 4. The van der Waals surface area contributed by atoms with Gasteiger partial charge in [0, 0.05) is 77.4 Å². The Bertz CT molecular complexity index is 1650. The Morgan fingerprint density at radius 1 is 0.533 bits per heavy atom. The van der Waals surface area contributed by atoms with E-state index in [-0.39, 0.29) is 28.3 Å². The zero-order valence-corrected chi connectivity index (χ0v) is 27.5. The molecular weight excluding hydrogens is 657 g/mol. The monoisotopic (exact) mass is 691 g/mol. The molecule has 0 bridgehead atoms. The molecule has 4 aromatic carbocycles. The SMILES string of the molecule is Cn1ccnc1.Cn1ccnc1.O=[PH](O)c1ccccc1-c1ccccc1O.O=[PH](O)c1ccccc1-c1ccccc1O.[Co]. The summed E-state index contributed by atoms with van der Waals surface area (Å²) in [6.45, 7) is 0. The van der Waals surface area contributed by atoms with Crippen LogP contribution in [-0.4, -0.2) is 39.1 Å². The van der Waals surface area contributed by atoms with Gasteiger partial charge in [0.15, 0.2) is 0 Å². The molecule has 2 unspecified atom stereocenters. The van der Waals surface area contributed by atoms with Crippen molar-refractivity contribution in [1.82, 2.24) is 19.1 Å². The van der Waals surface area contributed by atoms with Gasteiger partial charge in [-0.25, -0.2) is 9.97 Å². The average Bonchev–Trinajstić information content (AvgIpc) is 3.72. The van der Waals surface area contributed by atoms with Crippen molar-refractivity contribution in [3.8, 4) is 33.8 Å². The van der Waals surface area contributed by atoms with Crippen molar-refractivity contribution >= 4 is 26.7 Å². The molecule has 0 aliphatic carbocycles. The molecule has 0 saturated heterocycles. The molecule has 0 amide bonds. The van der Waals surface area contributed by atoms with Crippen molar-refractivity contribution in [1.29, 1.82) is 0 Å². The molecule has 10 nitrogen and oxygen atoms in total. The van der Waals surface area contributed by atoms with Gasteiger partial charge in [0.25, 0.3) is 0 Å². The largest absolute Gasteiger partial charge is 0.507 e. The van der Waals surface area contributed by atoms with E-state index in [0.717, 1.165) is 0 Å². The third-order valence-corrected chi connectivity index (χ3v) is 7.77. The smallest absolute Gasteiger partial charge is 0.218 e. The van der Waals surface area contributed by atoms with E-state index in [9.17, 15) is 29.1 Å². The minimum Gasteiger partial charge on any atom is -0.507 e. The van der Waals surface area contributed by atoms with Crippen molar-refractivity contribution in [2.75, 3.05) is 0 Å². The summed E-state index contributed by atoms with van der Waals surface area (Å²) in [4.78, 5) is 26.0. The predicted molar refractivity (Wildman–Crippen MR) is 175 cm³/mol. The topological polar surface area (TPSA) is 151 Å². The fourth-order valence-electron chi connectivity index (χ4n) is 3.86. The number of hydrogen-bond acceptors (Lipinski definition) is 6. The van der Waals surface area contributed by atoms with E-state index >= 15 is 0 Å². The molecule has 45 heavy (non-hydrogen) atoms. The number of phenols is 2. The number of aromatic hydroxyl groups is 2. The van der Waals surface area contributed by atoms with Crippen LogP contribution in [0.3, 0.4) is 0 Å². The fourth-order valence-corrected chi connectivity index (χ4v) is 5.24. The number of aryl methyl sites for hydroxylation is 2. The van der Waals surface area contributed by atoms with Crippen molar-refractivity contribution < 1.29 is 45.9 Å². The molecule has 237 valence electrons. The summed E-state index contributed by atoms with van der Waals surface area (Å²) in [7, 11) is -1.66. The van der Waals surface area contributed by atoms with Gasteiger partial charge >= 0.3 is 0 Å². The second-order valence-corrected chi connectivity index (χ2v) is 11.5. The van der Waals surface area contributed by atoms with E-state index in [1.807, 2.05) is 35.6 Å². The van der Waals surface area contributed by atoms with Crippen LogP contribution in [0.5, 0.6) is 11.5 Å². The van der Waals surface area contributed by atoms with Crippen LogP contribution < -0.4 is 10.6 Å². The molecule has 6 rings (SSSR count). The summed E-state index contributed by atoms with van der Waals surface area (Å²) >= 11 is 0. The number of phenolic OH excluding ortho intramolecular Hbond substituents is 2. The molecule has 13 heteroatoms. The van der Waals surface area contributed by atoms with E-state index in [0.29, 0.717) is 32.9 Å². The molecule has 2 aromatic heterocycles. The Morgan fingerprint density at radius 3 is 1.09 bits per heavy atom. The molecule has 4 N–H and O–H groups in total. The molecule has 0 aliphatic rings. The van der Waals surface area contributed by atoms with E-state index in [1.54, 1.807) is 122 Å². The Morgan fingerprint density at radius 2 is 0.844 bits per heavy atom. The normalized spacial score (nSPS) is 11.1. The van der Waals surface area contributed by atoms with Gasteiger partial charge in [-0.1, -0.05) is 72.8 Å². The van der Waals surface area contributed by atoms with Crippen molar-refractivity contribution in [2.45, 2.75) is 0 Å². The predicted octanol–water partition coefficient (Wildman–Crippen LogP) is 5.14. The third kappa shape index (κ3) is 11.7. The summed E-state index contributed by atoms with van der Waals surface area (Å²) in [6, 6.07) is 27.1. The second kappa shape index (κ2) is 19.2. The number of nitrogens with zero attached hydrogens (tertiary/aromatic N) is 4.